The van der Waals surface area contributed by atoms with Gasteiger partial charge in [0.25, 0.3) is 5.91 Å². The van der Waals surface area contributed by atoms with Crippen molar-refractivity contribution in [3.05, 3.63) is 29.8 Å². The number of hydrogen-bond acceptors (Lipinski definition) is 5. The first-order valence-electron chi connectivity index (χ1n) is 9.44. The first kappa shape index (κ1) is 24.6. The largest absolute Gasteiger partial charge is 0.352 e. The minimum atomic E-state index is -3.60. The van der Waals surface area contributed by atoms with E-state index >= 15 is 0 Å². The fourth-order valence-corrected chi connectivity index (χ4v) is 4.01. The number of amides is 3. The van der Waals surface area contributed by atoms with E-state index in [-0.39, 0.29) is 35.5 Å². The minimum Gasteiger partial charge on any atom is -0.352 e. The molecule has 1 aromatic carbocycles. The lowest BCUT2D eigenvalue weighted by Crippen LogP contribution is -2.44. The van der Waals surface area contributed by atoms with E-state index in [1.165, 1.54) is 40.5 Å². The summed E-state index contributed by atoms with van der Waals surface area (Å²) in [5.41, 5.74) is 0.233. The average molecular weight is 427 g/mol. The van der Waals surface area contributed by atoms with E-state index in [0.29, 0.717) is 13.1 Å². The Labute approximate surface area is 172 Å². The van der Waals surface area contributed by atoms with Gasteiger partial charge in [0.05, 0.1) is 18.0 Å². The lowest BCUT2D eigenvalue weighted by molar-refractivity contribution is -0.134. The van der Waals surface area contributed by atoms with E-state index in [0.717, 1.165) is 0 Å². The van der Waals surface area contributed by atoms with Crippen LogP contribution in [0.4, 0.5) is 0 Å². The van der Waals surface area contributed by atoms with Crippen LogP contribution in [0.1, 0.15) is 38.1 Å². The number of carbonyl (C=O) groups is 3. The number of likely N-dealkylation sites (N-methyl/N-ethyl adjacent to an activating group) is 1. The quantitative estimate of drug-likeness (QED) is 0.563. The lowest BCUT2D eigenvalue weighted by atomic mass is 10.2. The van der Waals surface area contributed by atoms with Crippen molar-refractivity contribution in [1.29, 1.82) is 0 Å². The fourth-order valence-electron chi connectivity index (χ4n) is 2.55. The summed E-state index contributed by atoms with van der Waals surface area (Å²) in [4.78, 5) is 37.3. The summed E-state index contributed by atoms with van der Waals surface area (Å²) in [5.74, 6) is -1.21. The summed E-state index contributed by atoms with van der Waals surface area (Å²) in [6.45, 7) is 7.47. The highest BCUT2D eigenvalue weighted by Gasteiger charge is 2.22. The van der Waals surface area contributed by atoms with Crippen LogP contribution < -0.4 is 10.6 Å². The Morgan fingerprint density at radius 3 is 2.07 bits per heavy atom. The topological polar surface area (TPSA) is 116 Å². The van der Waals surface area contributed by atoms with E-state index in [9.17, 15) is 22.8 Å². The standard InChI is InChI=1S/C19H30N4O5S/c1-6-23(7-2)29(27,28)16-10-8-15(9-11-16)19(26)20-12-18(25)22(5)13-17(24)21-14(3)4/h8-11,14H,6-7,12-13H2,1-5H3,(H,20,26)(H,21,24). The van der Waals surface area contributed by atoms with Crippen LogP contribution in [-0.2, 0) is 19.6 Å². The first-order chi connectivity index (χ1) is 13.5. The molecule has 0 atom stereocenters. The Kier molecular flexibility index (Phi) is 9.25. The molecular formula is C19H30N4O5S. The van der Waals surface area contributed by atoms with Crippen molar-refractivity contribution in [2.24, 2.45) is 0 Å². The van der Waals surface area contributed by atoms with Crippen molar-refractivity contribution in [3.63, 3.8) is 0 Å². The Morgan fingerprint density at radius 2 is 1.59 bits per heavy atom. The van der Waals surface area contributed by atoms with Crippen molar-refractivity contribution < 1.29 is 22.8 Å². The highest BCUT2D eigenvalue weighted by molar-refractivity contribution is 7.89. The smallest absolute Gasteiger partial charge is 0.251 e. The summed E-state index contributed by atoms with van der Waals surface area (Å²) in [6, 6.07) is 5.50. The molecule has 10 heteroatoms. The molecule has 0 heterocycles. The Morgan fingerprint density at radius 1 is 1.03 bits per heavy atom. The number of nitrogens with one attached hydrogen (secondary N) is 2. The van der Waals surface area contributed by atoms with Crippen LogP contribution in [0.2, 0.25) is 0 Å². The van der Waals surface area contributed by atoms with E-state index in [1.54, 1.807) is 13.8 Å². The second kappa shape index (κ2) is 10.9. The van der Waals surface area contributed by atoms with Crippen LogP contribution in [0.25, 0.3) is 0 Å². The maximum Gasteiger partial charge on any atom is 0.251 e. The molecule has 1 rings (SSSR count). The first-order valence-corrected chi connectivity index (χ1v) is 10.9. The molecule has 0 bridgehead atoms. The molecular weight excluding hydrogens is 396 g/mol. The minimum absolute atomic E-state index is 0.0285. The normalized spacial score (nSPS) is 11.4. The summed E-state index contributed by atoms with van der Waals surface area (Å²) >= 11 is 0. The number of nitrogens with zero attached hydrogens (tertiary/aromatic N) is 2. The second-order valence-electron chi connectivity index (χ2n) is 6.77. The van der Waals surface area contributed by atoms with Crippen LogP contribution >= 0.6 is 0 Å². The SMILES string of the molecule is CCN(CC)S(=O)(=O)c1ccc(C(=O)NCC(=O)N(C)CC(=O)NC(C)C)cc1. The zero-order valence-corrected chi connectivity index (χ0v) is 18.4. The molecule has 3 amide bonds. The van der Waals surface area contributed by atoms with Gasteiger partial charge in [0.15, 0.2) is 0 Å². The van der Waals surface area contributed by atoms with Crippen LogP contribution in [0.5, 0.6) is 0 Å². The third kappa shape index (κ3) is 7.13. The summed E-state index contributed by atoms with van der Waals surface area (Å²) in [7, 11) is -2.12. The van der Waals surface area contributed by atoms with Gasteiger partial charge in [-0.25, -0.2) is 8.42 Å². The fraction of sp³-hybridized carbons (Fsp3) is 0.526. The lowest BCUT2D eigenvalue weighted by Gasteiger charge is -2.19. The van der Waals surface area contributed by atoms with Crippen LogP contribution in [0, 0.1) is 0 Å². The molecule has 0 unspecified atom stereocenters. The third-order valence-corrected chi connectivity index (χ3v) is 6.18. The molecule has 162 valence electrons. The zero-order valence-electron chi connectivity index (χ0n) is 17.6. The van der Waals surface area contributed by atoms with E-state index < -0.39 is 21.8 Å². The maximum atomic E-state index is 12.5. The molecule has 0 radical (unpaired) electrons. The monoisotopic (exact) mass is 426 g/mol. The number of carbonyl (C=O) groups excluding carboxylic acids is 3. The van der Waals surface area contributed by atoms with Gasteiger partial charge in [-0.2, -0.15) is 4.31 Å². The highest BCUT2D eigenvalue weighted by Crippen LogP contribution is 2.16. The molecule has 0 spiro atoms. The molecule has 29 heavy (non-hydrogen) atoms. The molecule has 0 fully saturated rings. The predicted molar refractivity (Wildman–Crippen MR) is 110 cm³/mol. The van der Waals surface area contributed by atoms with Crippen molar-refractivity contribution in [2.75, 3.05) is 33.2 Å². The number of hydrogen-bond donors (Lipinski definition) is 2. The van der Waals surface area contributed by atoms with Gasteiger partial charge in [-0.05, 0) is 38.1 Å². The van der Waals surface area contributed by atoms with Crippen LogP contribution in [0.15, 0.2) is 29.2 Å². The van der Waals surface area contributed by atoms with Crippen molar-refractivity contribution in [2.45, 2.75) is 38.6 Å². The molecule has 0 aliphatic heterocycles. The zero-order chi connectivity index (χ0) is 22.2. The van der Waals surface area contributed by atoms with Crippen molar-refractivity contribution in [1.82, 2.24) is 19.8 Å². The third-order valence-electron chi connectivity index (χ3n) is 4.12. The molecule has 2 N–H and O–H groups in total. The van der Waals surface area contributed by atoms with Crippen molar-refractivity contribution >= 4 is 27.7 Å². The van der Waals surface area contributed by atoms with Gasteiger partial charge >= 0.3 is 0 Å². The van der Waals surface area contributed by atoms with Gasteiger partial charge in [-0.1, -0.05) is 13.8 Å². The van der Waals surface area contributed by atoms with Crippen LogP contribution in [0.3, 0.4) is 0 Å². The molecule has 0 saturated heterocycles. The second-order valence-corrected chi connectivity index (χ2v) is 8.71. The van der Waals surface area contributed by atoms with Gasteiger partial charge in [0, 0.05) is 31.7 Å². The molecule has 0 saturated carbocycles. The summed E-state index contributed by atoms with van der Waals surface area (Å²) < 4.78 is 26.3. The van der Waals surface area contributed by atoms with Gasteiger partial charge in [-0.3, -0.25) is 14.4 Å². The number of rotatable bonds is 10. The van der Waals surface area contributed by atoms with Gasteiger partial charge in [0.2, 0.25) is 21.8 Å². The molecule has 0 aliphatic rings. The van der Waals surface area contributed by atoms with Gasteiger partial charge < -0.3 is 15.5 Å². The van der Waals surface area contributed by atoms with E-state index in [4.69, 9.17) is 0 Å². The Hall–Kier alpha value is -2.46. The predicted octanol–water partition coefficient (Wildman–Crippen LogP) is 0.430. The number of sulfonamides is 1. The maximum absolute atomic E-state index is 12.5. The van der Waals surface area contributed by atoms with Gasteiger partial charge in [0.1, 0.15) is 0 Å². The molecule has 0 aliphatic carbocycles. The summed E-state index contributed by atoms with van der Waals surface area (Å²) in [6.07, 6.45) is 0. The molecule has 9 nitrogen and oxygen atoms in total. The molecule has 0 aromatic heterocycles. The van der Waals surface area contributed by atoms with Crippen LogP contribution in [-0.4, -0.2) is 74.6 Å². The Balaban J connectivity index is 2.67. The average Bonchev–Trinajstić information content (AvgIpc) is 2.65. The van der Waals surface area contributed by atoms with Crippen molar-refractivity contribution in [3.8, 4) is 0 Å². The number of benzene rings is 1. The van der Waals surface area contributed by atoms with E-state index in [1.807, 2.05) is 13.8 Å². The summed E-state index contributed by atoms with van der Waals surface area (Å²) in [5, 5.41) is 5.16. The van der Waals surface area contributed by atoms with E-state index in [2.05, 4.69) is 10.6 Å². The highest BCUT2D eigenvalue weighted by atomic mass is 32.2. The Bertz CT molecular complexity index is 818. The van der Waals surface area contributed by atoms with Gasteiger partial charge in [-0.15, -0.1) is 0 Å². The molecule has 1 aromatic rings.